The maximum atomic E-state index is 13.3. The number of nitrogens with zero attached hydrogens (tertiary/aromatic N) is 5. The summed E-state index contributed by atoms with van der Waals surface area (Å²) in [5, 5.41) is 14.7. The third-order valence-electron chi connectivity index (χ3n) is 5.02. The summed E-state index contributed by atoms with van der Waals surface area (Å²) in [7, 11) is 0. The lowest BCUT2D eigenvalue weighted by Crippen LogP contribution is -2.21. The highest BCUT2D eigenvalue weighted by Gasteiger charge is 2.14. The van der Waals surface area contributed by atoms with Gasteiger partial charge in [0.15, 0.2) is 5.16 Å². The molecule has 0 radical (unpaired) electrons. The van der Waals surface area contributed by atoms with Gasteiger partial charge in [-0.15, -0.1) is 0 Å². The monoisotopic (exact) mass is 435 g/mol. The molecule has 0 amide bonds. The molecule has 0 spiro atoms. The van der Waals surface area contributed by atoms with E-state index in [9.17, 15) is 4.79 Å². The van der Waals surface area contributed by atoms with Crippen molar-refractivity contribution in [3.63, 3.8) is 0 Å². The zero-order valence-electron chi connectivity index (χ0n) is 16.9. The van der Waals surface area contributed by atoms with Crippen LogP contribution in [0, 0.1) is 11.3 Å². The summed E-state index contributed by atoms with van der Waals surface area (Å²) < 4.78 is 3.44. The van der Waals surface area contributed by atoms with E-state index in [1.807, 2.05) is 65.6 Å². The molecule has 0 unspecified atom stereocenters. The van der Waals surface area contributed by atoms with Gasteiger partial charge in [0, 0.05) is 17.5 Å². The lowest BCUT2D eigenvalue weighted by atomic mass is 10.2. The Hall–Kier alpha value is -4.15. The Morgan fingerprint density at radius 2 is 1.66 bits per heavy atom. The van der Waals surface area contributed by atoms with Gasteiger partial charge in [0.2, 0.25) is 0 Å². The van der Waals surface area contributed by atoms with E-state index in [4.69, 9.17) is 10.2 Å². The Kier molecular flexibility index (Phi) is 5.28. The molecule has 0 aliphatic heterocycles. The van der Waals surface area contributed by atoms with E-state index in [2.05, 4.69) is 11.2 Å². The molecular weight excluding hydrogens is 418 g/mol. The largest absolute Gasteiger partial charge is 0.268 e. The van der Waals surface area contributed by atoms with Gasteiger partial charge in [0.1, 0.15) is 0 Å². The van der Waals surface area contributed by atoms with Crippen LogP contribution in [0.2, 0.25) is 0 Å². The fourth-order valence-electron chi connectivity index (χ4n) is 3.43. The quantitative estimate of drug-likeness (QED) is 0.294. The highest BCUT2D eigenvalue weighted by molar-refractivity contribution is 7.98. The molecule has 154 valence electrons. The Labute approximate surface area is 188 Å². The minimum atomic E-state index is -0.136. The predicted octanol–water partition coefficient (Wildman–Crippen LogP) is 4.74. The fraction of sp³-hybridized carbons (Fsp3) is 0.0400. The lowest BCUT2D eigenvalue weighted by molar-refractivity contribution is 0.819. The van der Waals surface area contributed by atoms with Crippen LogP contribution in [0.15, 0.2) is 101 Å². The second-order valence-corrected chi connectivity index (χ2v) is 8.07. The van der Waals surface area contributed by atoms with Crippen molar-refractivity contribution in [3.8, 4) is 17.4 Å². The van der Waals surface area contributed by atoms with Crippen molar-refractivity contribution < 1.29 is 0 Å². The number of aromatic nitrogens is 4. The second kappa shape index (κ2) is 8.53. The van der Waals surface area contributed by atoms with Gasteiger partial charge in [-0.1, -0.05) is 42.1 Å². The average molecular weight is 436 g/mol. The first-order valence-corrected chi connectivity index (χ1v) is 11.0. The molecule has 5 aromatic rings. The SMILES string of the molecule is N#Cc1ccc(-n2c(SCc3cnn(-c4ccccc4)c3)nc3ccccc3c2=O)cc1. The molecule has 0 aliphatic carbocycles. The summed E-state index contributed by atoms with van der Waals surface area (Å²) in [6.07, 6.45) is 3.80. The molecule has 5 rings (SSSR count). The molecule has 3 aromatic carbocycles. The molecule has 0 atom stereocenters. The summed E-state index contributed by atoms with van der Waals surface area (Å²) in [6, 6.07) is 26.3. The number of nitriles is 1. The van der Waals surface area contributed by atoms with Gasteiger partial charge in [-0.05, 0) is 48.5 Å². The van der Waals surface area contributed by atoms with Gasteiger partial charge >= 0.3 is 0 Å². The van der Waals surface area contributed by atoms with Crippen LogP contribution < -0.4 is 5.56 Å². The fourth-order valence-corrected chi connectivity index (χ4v) is 4.35. The van der Waals surface area contributed by atoms with Gasteiger partial charge < -0.3 is 0 Å². The zero-order chi connectivity index (χ0) is 21.9. The van der Waals surface area contributed by atoms with Gasteiger partial charge in [-0.25, -0.2) is 9.67 Å². The zero-order valence-corrected chi connectivity index (χ0v) is 17.7. The Morgan fingerprint density at radius 3 is 2.44 bits per heavy atom. The highest BCUT2D eigenvalue weighted by atomic mass is 32.2. The van der Waals surface area contributed by atoms with Crippen LogP contribution in [0.25, 0.3) is 22.3 Å². The number of hydrogen-bond acceptors (Lipinski definition) is 5. The second-order valence-electron chi connectivity index (χ2n) is 7.13. The molecule has 2 heterocycles. The summed E-state index contributed by atoms with van der Waals surface area (Å²) >= 11 is 1.48. The molecule has 32 heavy (non-hydrogen) atoms. The van der Waals surface area contributed by atoms with Crippen molar-refractivity contribution in [1.82, 2.24) is 19.3 Å². The van der Waals surface area contributed by atoms with Crippen LogP contribution in [-0.4, -0.2) is 19.3 Å². The standard InChI is InChI=1S/C25H17N5OS/c26-14-18-10-12-21(13-11-18)30-24(31)22-8-4-5-9-23(22)28-25(30)32-17-19-15-27-29(16-19)20-6-2-1-3-7-20/h1-13,15-16H,17H2. The van der Waals surface area contributed by atoms with E-state index in [-0.39, 0.29) is 5.56 Å². The van der Waals surface area contributed by atoms with E-state index in [1.54, 1.807) is 34.9 Å². The summed E-state index contributed by atoms with van der Waals surface area (Å²) in [5.41, 5.74) is 3.75. The molecule has 6 nitrogen and oxygen atoms in total. The van der Waals surface area contributed by atoms with Crippen LogP contribution in [0.3, 0.4) is 0 Å². The maximum Gasteiger partial charge on any atom is 0.266 e. The van der Waals surface area contributed by atoms with E-state index in [1.165, 1.54) is 11.8 Å². The first-order valence-electron chi connectivity index (χ1n) is 9.97. The van der Waals surface area contributed by atoms with Crippen LogP contribution in [0.1, 0.15) is 11.1 Å². The van der Waals surface area contributed by atoms with Crippen molar-refractivity contribution in [1.29, 1.82) is 5.26 Å². The summed E-state index contributed by atoms with van der Waals surface area (Å²) in [4.78, 5) is 18.1. The lowest BCUT2D eigenvalue weighted by Gasteiger charge is -2.13. The van der Waals surface area contributed by atoms with Crippen LogP contribution >= 0.6 is 11.8 Å². The average Bonchev–Trinajstić information content (AvgIpc) is 3.33. The first kappa shape index (κ1) is 19.8. The van der Waals surface area contributed by atoms with Crippen molar-refractivity contribution >= 4 is 22.7 Å². The van der Waals surface area contributed by atoms with Crippen LogP contribution in [0.4, 0.5) is 0 Å². The molecule has 0 aliphatic rings. The molecule has 2 aromatic heterocycles. The number of fused-ring (bicyclic) bond motifs is 1. The van der Waals surface area contributed by atoms with Crippen LogP contribution in [0.5, 0.6) is 0 Å². The van der Waals surface area contributed by atoms with Gasteiger partial charge in [-0.2, -0.15) is 10.4 Å². The van der Waals surface area contributed by atoms with Crippen molar-refractivity contribution in [2.45, 2.75) is 10.9 Å². The molecule has 0 N–H and O–H groups in total. The van der Waals surface area contributed by atoms with Crippen molar-refractivity contribution in [2.24, 2.45) is 0 Å². The highest BCUT2D eigenvalue weighted by Crippen LogP contribution is 2.25. The normalized spacial score (nSPS) is 10.8. The Balaban J connectivity index is 1.52. The molecule has 0 saturated carbocycles. The van der Waals surface area contributed by atoms with E-state index >= 15 is 0 Å². The number of rotatable bonds is 5. The number of para-hydroxylation sites is 2. The van der Waals surface area contributed by atoms with Crippen molar-refractivity contribution in [3.05, 3.63) is 113 Å². The van der Waals surface area contributed by atoms with Gasteiger partial charge in [0.05, 0.1) is 40.1 Å². The number of hydrogen-bond donors (Lipinski definition) is 0. The Morgan fingerprint density at radius 1 is 0.906 bits per heavy atom. The van der Waals surface area contributed by atoms with Gasteiger partial charge in [0.25, 0.3) is 5.56 Å². The van der Waals surface area contributed by atoms with Gasteiger partial charge in [-0.3, -0.25) is 9.36 Å². The molecule has 0 saturated heterocycles. The third kappa shape index (κ3) is 3.80. The first-order chi connectivity index (χ1) is 15.7. The van der Waals surface area contributed by atoms with Crippen molar-refractivity contribution in [2.75, 3.05) is 0 Å². The Bertz CT molecular complexity index is 1500. The minimum absolute atomic E-state index is 0.136. The van der Waals surface area contributed by atoms with E-state index < -0.39 is 0 Å². The van der Waals surface area contributed by atoms with E-state index in [0.29, 0.717) is 33.1 Å². The maximum absolute atomic E-state index is 13.3. The molecule has 0 fully saturated rings. The molecule has 0 bridgehead atoms. The molecule has 7 heteroatoms. The topological polar surface area (TPSA) is 76.5 Å². The smallest absolute Gasteiger partial charge is 0.266 e. The summed E-state index contributed by atoms with van der Waals surface area (Å²) in [6.45, 7) is 0. The number of thioether (sulfide) groups is 1. The summed E-state index contributed by atoms with van der Waals surface area (Å²) in [5.74, 6) is 0.605. The molecular formula is C25H17N5OS. The third-order valence-corrected chi connectivity index (χ3v) is 6.03. The number of benzene rings is 3. The van der Waals surface area contributed by atoms with E-state index in [0.717, 1.165) is 11.3 Å². The van der Waals surface area contributed by atoms with Crippen LogP contribution in [-0.2, 0) is 5.75 Å². The predicted molar refractivity (Wildman–Crippen MR) is 125 cm³/mol. The minimum Gasteiger partial charge on any atom is -0.268 e.